The van der Waals surface area contributed by atoms with Crippen molar-refractivity contribution < 1.29 is 9.90 Å². The van der Waals surface area contributed by atoms with E-state index in [-0.39, 0.29) is 0 Å². The molecule has 5 nitrogen and oxygen atoms in total. The Balaban J connectivity index is 0. The van der Waals surface area contributed by atoms with Crippen LogP contribution in [0.5, 0.6) is 0 Å². The van der Waals surface area contributed by atoms with Crippen molar-refractivity contribution in [2.75, 3.05) is 13.1 Å². The van der Waals surface area contributed by atoms with Crippen molar-refractivity contribution in [3.63, 3.8) is 0 Å². The Labute approximate surface area is 213 Å². The van der Waals surface area contributed by atoms with E-state index in [9.17, 15) is 4.79 Å². The number of aliphatic imine (C=N–C) groups is 1. The molecule has 0 rings (SSSR count). The molecule has 5 heteroatoms. The number of guanidine groups is 1. The standard InChI is InChI=1S/C17H37N3.C12H24O2/c1-3-5-7-9-11-13-15-19-17(18)20-16-14-12-10-8-6-4-2;1-2-3-4-5-6-7-8-9-10-11-12(13)14/h3-16H2,1-2H3,(H3,18,19,20);2-11H2,1H3,(H,13,14). The zero-order valence-electron chi connectivity index (χ0n) is 23.4. The molecular weight excluding hydrogens is 422 g/mol. The fourth-order valence-corrected chi connectivity index (χ4v) is 3.86. The van der Waals surface area contributed by atoms with Crippen molar-refractivity contribution in [1.29, 1.82) is 0 Å². The first-order valence-corrected chi connectivity index (χ1v) is 14.8. The Hall–Kier alpha value is -1.26. The zero-order chi connectivity index (χ0) is 25.5. The van der Waals surface area contributed by atoms with Crippen LogP contribution in [0.25, 0.3) is 0 Å². The van der Waals surface area contributed by atoms with Crippen molar-refractivity contribution in [3.8, 4) is 0 Å². The summed E-state index contributed by atoms with van der Waals surface area (Å²) in [6.45, 7) is 8.58. The first-order valence-electron chi connectivity index (χ1n) is 14.8. The zero-order valence-corrected chi connectivity index (χ0v) is 23.4. The average Bonchev–Trinajstić information content (AvgIpc) is 2.82. The number of nitrogens with one attached hydrogen (secondary N) is 1. The van der Waals surface area contributed by atoms with Crippen molar-refractivity contribution in [2.24, 2.45) is 10.7 Å². The first kappa shape index (κ1) is 34.9. The molecule has 0 aromatic rings. The maximum atomic E-state index is 10.2. The quantitative estimate of drug-likeness (QED) is 0.0728. The molecule has 0 aliphatic heterocycles. The van der Waals surface area contributed by atoms with E-state index in [2.05, 4.69) is 31.1 Å². The Kier molecular flexibility index (Phi) is 32.6. The van der Waals surface area contributed by atoms with Crippen LogP contribution in [0.3, 0.4) is 0 Å². The molecule has 0 aliphatic carbocycles. The van der Waals surface area contributed by atoms with Gasteiger partial charge in [-0.25, -0.2) is 0 Å². The highest BCUT2D eigenvalue weighted by molar-refractivity contribution is 5.77. The Morgan fingerprint density at radius 2 is 1.00 bits per heavy atom. The lowest BCUT2D eigenvalue weighted by Gasteiger charge is -2.05. The second kappa shape index (κ2) is 31.7. The molecule has 0 aromatic carbocycles. The third-order valence-electron chi connectivity index (χ3n) is 6.12. The summed E-state index contributed by atoms with van der Waals surface area (Å²) in [6, 6.07) is 0. The van der Waals surface area contributed by atoms with Crippen LogP contribution in [0, 0.1) is 0 Å². The van der Waals surface area contributed by atoms with Gasteiger partial charge in [-0.1, -0.05) is 136 Å². The summed E-state index contributed by atoms with van der Waals surface area (Å²) in [5, 5.41) is 11.6. The van der Waals surface area contributed by atoms with Gasteiger partial charge >= 0.3 is 5.97 Å². The molecule has 0 bridgehead atoms. The smallest absolute Gasteiger partial charge is 0.303 e. The number of carboxylic acid groups (broad SMARTS) is 1. The number of carbonyl (C=O) groups is 1. The molecule has 0 radical (unpaired) electrons. The monoisotopic (exact) mass is 483 g/mol. The van der Waals surface area contributed by atoms with Crippen LogP contribution in [0.2, 0.25) is 0 Å². The molecule has 34 heavy (non-hydrogen) atoms. The van der Waals surface area contributed by atoms with Crippen molar-refractivity contribution in [3.05, 3.63) is 0 Å². The number of nitrogens with zero attached hydrogens (tertiary/aromatic N) is 1. The van der Waals surface area contributed by atoms with Crippen LogP contribution >= 0.6 is 0 Å². The van der Waals surface area contributed by atoms with E-state index in [1.165, 1.54) is 122 Å². The summed E-state index contributed by atoms with van der Waals surface area (Å²) in [4.78, 5) is 14.6. The van der Waals surface area contributed by atoms with E-state index in [0.29, 0.717) is 12.4 Å². The summed E-state index contributed by atoms with van der Waals surface area (Å²) >= 11 is 0. The fraction of sp³-hybridized carbons (Fsp3) is 0.931. The lowest BCUT2D eigenvalue weighted by Crippen LogP contribution is -2.32. The number of rotatable bonds is 24. The molecule has 0 heterocycles. The predicted octanol–water partition coefficient (Wildman–Crippen LogP) is 8.60. The molecule has 0 spiro atoms. The molecular formula is C29H61N3O2. The summed E-state index contributed by atoms with van der Waals surface area (Å²) in [5.41, 5.74) is 5.84. The van der Waals surface area contributed by atoms with Gasteiger partial charge in [0.15, 0.2) is 5.96 Å². The lowest BCUT2D eigenvalue weighted by molar-refractivity contribution is -0.137. The van der Waals surface area contributed by atoms with Gasteiger partial charge in [-0.3, -0.25) is 9.79 Å². The fourth-order valence-electron chi connectivity index (χ4n) is 3.86. The second-order valence-electron chi connectivity index (χ2n) is 9.70. The van der Waals surface area contributed by atoms with Gasteiger partial charge in [0, 0.05) is 19.5 Å². The highest BCUT2D eigenvalue weighted by atomic mass is 16.4. The van der Waals surface area contributed by atoms with Crippen LogP contribution in [0.4, 0.5) is 0 Å². The molecule has 0 aromatic heterocycles. The van der Waals surface area contributed by atoms with E-state index in [1.54, 1.807) is 0 Å². The number of unbranched alkanes of at least 4 members (excludes halogenated alkanes) is 18. The lowest BCUT2D eigenvalue weighted by atomic mass is 10.1. The third kappa shape index (κ3) is 35.3. The van der Waals surface area contributed by atoms with Gasteiger partial charge < -0.3 is 16.2 Å². The van der Waals surface area contributed by atoms with Gasteiger partial charge in [-0.15, -0.1) is 0 Å². The average molecular weight is 484 g/mol. The van der Waals surface area contributed by atoms with Gasteiger partial charge in [0.05, 0.1) is 0 Å². The number of nitrogens with two attached hydrogens (primary N) is 1. The van der Waals surface area contributed by atoms with Gasteiger partial charge in [-0.2, -0.15) is 0 Å². The number of hydrogen-bond donors (Lipinski definition) is 3. The second-order valence-corrected chi connectivity index (χ2v) is 9.70. The highest BCUT2D eigenvalue weighted by Gasteiger charge is 1.96. The molecule has 0 fully saturated rings. The maximum Gasteiger partial charge on any atom is 0.303 e. The number of aliphatic carboxylic acids is 1. The van der Waals surface area contributed by atoms with E-state index in [0.717, 1.165) is 25.9 Å². The molecule has 4 N–H and O–H groups in total. The van der Waals surface area contributed by atoms with Crippen LogP contribution in [0.1, 0.15) is 162 Å². The Morgan fingerprint density at radius 3 is 1.44 bits per heavy atom. The summed E-state index contributed by atoms with van der Waals surface area (Å²) in [6.07, 6.45) is 27.2. The van der Waals surface area contributed by atoms with E-state index >= 15 is 0 Å². The van der Waals surface area contributed by atoms with Gasteiger partial charge in [0.25, 0.3) is 0 Å². The van der Waals surface area contributed by atoms with Crippen molar-refractivity contribution in [1.82, 2.24) is 5.32 Å². The molecule has 0 atom stereocenters. The predicted molar refractivity (Wildman–Crippen MR) is 151 cm³/mol. The van der Waals surface area contributed by atoms with Crippen LogP contribution in [-0.4, -0.2) is 30.1 Å². The largest absolute Gasteiger partial charge is 0.481 e. The van der Waals surface area contributed by atoms with E-state index < -0.39 is 5.97 Å². The van der Waals surface area contributed by atoms with Crippen LogP contribution in [-0.2, 0) is 4.79 Å². The Morgan fingerprint density at radius 1 is 0.618 bits per heavy atom. The molecule has 0 aliphatic rings. The van der Waals surface area contributed by atoms with E-state index in [4.69, 9.17) is 10.8 Å². The van der Waals surface area contributed by atoms with Gasteiger partial charge in [0.2, 0.25) is 0 Å². The first-order chi connectivity index (χ1) is 16.6. The minimum absolute atomic E-state index is 0.343. The SMILES string of the molecule is CCCCCCCCCCCC(=O)O.CCCCCCCCN=C(N)NCCCCCCCC. The minimum atomic E-state index is -0.659. The molecule has 0 amide bonds. The molecule has 204 valence electrons. The molecule has 0 unspecified atom stereocenters. The normalized spacial score (nSPS) is 11.2. The summed E-state index contributed by atoms with van der Waals surface area (Å²) < 4.78 is 0. The van der Waals surface area contributed by atoms with Gasteiger partial charge in [0.1, 0.15) is 0 Å². The third-order valence-corrected chi connectivity index (χ3v) is 6.12. The van der Waals surface area contributed by atoms with E-state index in [1.807, 2.05) is 0 Å². The Bertz CT molecular complexity index is 428. The minimum Gasteiger partial charge on any atom is -0.481 e. The summed E-state index contributed by atoms with van der Waals surface area (Å²) in [5.74, 6) is -0.0277. The maximum absolute atomic E-state index is 10.2. The van der Waals surface area contributed by atoms with Crippen molar-refractivity contribution in [2.45, 2.75) is 162 Å². The topological polar surface area (TPSA) is 87.7 Å². The number of hydrogen-bond acceptors (Lipinski definition) is 2. The van der Waals surface area contributed by atoms with Crippen LogP contribution < -0.4 is 11.1 Å². The van der Waals surface area contributed by atoms with Crippen molar-refractivity contribution >= 4 is 11.9 Å². The summed E-state index contributed by atoms with van der Waals surface area (Å²) in [7, 11) is 0. The highest BCUT2D eigenvalue weighted by Crippen LogP contribution is 2.10. The van der Waals surface area contributed by atoms with Crippen LogP contribution in [0.15, 0.2) is 4.99 Å². The van der Waals surface area contributed by atoms with Gasteiger partial charge in [-0.05, 0) is 19.3 Å². The molecule has 0 saturated carbocycles. The molecule has 0 saturated heterocycles. The number of carboxylic acids is 1.